The summed E-state index contributed by atoms with van der Waals surface area (Å²) in [6.45, 7) is 4.72. The van der Waals surface area contributed by atoms with E-state index in [2.05, 4.69) is 5.32 Å². The Morgan fingerprint density at radius 2 is 1.78 bits per heavy atom. The maximum Gasteiger partial charge on any atom is 0.329 e. The van der Waals surface area contributed by atoms with Crippen LogP contribution in [-0.2, 0) is 4.79 Å². The summed E-state index contributed by atoms with van der Waals surface area (Å²) in [4.78, 5) is 26.5. The zero-order valence-electron chi connectivity index (χ0n) is 12.0. The van der Waals surface area contributed by atoms with Gasteiger partial charge in [0.05, 0.1) is 0 Å². The molecule has 1 unspecified atom stereocenters. The van der Waals surface area contributed by atoms with Gasteiger partial charge in [0.1, 0.15) is 5.54 Å². The Labute approximate surface area is 109 Å². The first kappa shape index (κ1) is 16.7. The number of amides is 2. The summed E-state index contributed by atoms with van der Waals surface area (Å²) < 4.78 is 0. The normalized spacial score (nSPS) is 14.1. The zero-order chi connectivity index (χ0) is 14.3. The minimum absolute atomic E-state index is 0.352. The van der Waals surface area contributed by atoms with Crippen molar-refractivity contribution < 1.29 is 14.7 Å². The van der Waals surface area contributed by atoms with Gasteiger partial charge in [0, 0.05) is 20.1 Å². The first-order chi connectivity index (χ1) is 8.23. The molecule has 0 aromatic rings. The van der Waals surface area contributed by atoms with E-state index in [1.165, 1.54) is 11.8 Å². The second-order valence-electron chi connectivity index (χ2n) is 5.04. The van der Waals surface area contributed by atoms with Gasteiger partial charge in [0.25, 0.3) is 0 Å². The Morgan fingerprint density at radius 1 is 1.22 bits per heavy atom. The van der Waals surface area contributed by atoms with E-state index in [0.29, 0.717) is 19.4 Å². The van der Waals surface area contributed by atoms with Crippen LogP contribution in [0.3, 0.4) is 0 Å². The minimum Gasteiger partial charge on any atom is -0.480 e. The Bertz CT molecular complexity index is 294. The number of hydrogen-bond donors (Lipinski definition) is 2. The minimum atomic E-state index is -1.20. The van der Waals surface area contributed by atoms with Gasteiger partial charge in [-0.2, -0.15) is 0 Å². The van der Waals surface area contributed by atoms with Gasteiger partial charge in [-0.05, 0) is 27.4 Å². The fraction of sp³-hybridized carbons (Fsp3) is 0.833. The summed E-state index contributed by atoms with van der Waals surface area (Å²) in [5, 5.41) is 11.8. The van der Waals surface area contributed by atoms with Gasteiger partial charge < -0.3 is 20.2 Å². The topological polar surface area (TPSA) is 72.9 Å². The molecule has 0 bridgehead atoms. The summed E-state index contributed by atoms with van der Waals surface area (Å²) in [6, 6.07) is -0.352. The van der Waals surface area contributed by atoms with Crippen molar-refractivity contribution in [1.82, 2.24) is 15.1 Å². The highest BCUT2D eigenvalue weighted by Gasteiger charge is 2.34. The molecule has 2 N–H and O–H groups in total. The number of carbonyl (C=O) groups is 2. The van der Waals surface area contributed by atoms with E-state index < -0.39 is 11.5 Å². The quantitative estimate of drug-likeness (QED) is 0.710. The van der Waals surface area contributed by atoms with Crippen LogP contribution in [0.4, 0.5) is 4.79 Å². The highest BCUT2D eigenvalue weighted by atomic mass is 16.4. The van der Waals surface area contributed by atoms with E-state index in [4.69, 9.17) is 0 Å². The molecule has 0 rings (SSSR count). The van der Waals surface area contributed by atoms with E-state index >= 15 is 0 Å². The molecule has 0 aromatic heterocycles. The van der Waals surface area contributed by atoms with Crippen LogP contribution in [0.2, 0.25) is 0 Å². The first-order valence-electron chi connectivity index (χ1n) is 6.14. The van der Waals surface area contributed by atoms with E-state index in [1.807, 2.05) is 25.9 Å². The van der Waals surface area contributed by atoms with Gasteiger partial charge in [-0.1, -0.05) is 13.3 Å². The molecule has 0 radical (unpaired) electrons. The van der Waals surface area contributed by atoms with Crippen LogP contribution in [0, 0.1) is 0 Å². The molecular weight excluding hydrogens is 234 g/mol. The number of carboxylic acids is 1. The molecule has 1 atom stereocenters. The summed E-state index contributed by atoms with van der Waals surface area (Å²) in [5.41, 5.74) is -1.20. The van der Waals surface area contributed by atoms with Crippen molar-refractivity contribution in [3.05, 3.63) is 0 Å². The summed E-state index contributed by atoms with van der Waals surface area (Å²) in [7, 11) is 5.50. The number of nitrogens with one attached hydrogen (secondary N) is 1. The molecule has 18 heavy (non-hydrogen) atoms. The molecule has 0 aliphatic rings. The highest BCUT2D eigenvalue weighted by Crippen LogP contribution is 2.13. The van der Waals surface area contributed by atoms with Gasteiger partial charge in [-0.15, -0.1) is 0 Å². The molecule has 6 heteroatoms. The number of aliphatic carboxylic acids is 1. The molecule has 0 aliphatic carbocycles. The van der Waals surface area contributed by atoms with Crippen LogP contribution >= 0.6 is 0 Å². The van der Waals surface area contributed by atoms with E-state index in [-0.39, 0.29) is 6.03 Å². The predicted octanol–water partition coefficient (Wildman–Crippen LogP) is 0.833. The Hall–Kier alpha value is -1.30. The van der Waals surface area contributed by atoms with Crippen LogP contribution in [-0.4, -0.2) is 66.7 Å². The molecule has 0 heterocycles. The largest absolute Gasteiger partial charge is 0.480 e. The lowest BCUT2D eigenvalue weighted by molar-refractivity contribution is -0.144. The number of hydrogen-bond acceptors (Lipinski definition) is 3. The second-order valence-corrected chi connectivity index (χ2v) is 5.04. The van der Waals surface area contributed by atoms with Crippen molar-refractivity contribution in [3.8, 4) is 0 Å². The molecule has 2 amide bonds. The molecule has 0 aliphatic heterocycles. The average molecular weight is 259 g/mol. The Kier molecular flexibility index (Phi) is 6.68. The van der Waals surface area contributed by atoms with E-state index in [1.54, 1.807) is 7.05 Å². The molecule has 6 nitrogen and oxygen atoms in total. The zero-order valence-corrected chi connectivity index (χ0v) is 12.0. The van der Waals surface area contributed by atoms with Crippen LogP contribution in [0.25, 0.3) is 0 Å². The number of urea groups is 1. The lowest BCUT2D eigenvalue weighted by atomic mass is 9.96. The molecule has 0 aromatic carbocycles. The van der Waals surface area contributed by atoms with Crippen molar-refractivity contribution >= 4 is 12.0 Å². The molecular formula is C12H25N3O3. The van der Waals surface area contributed by atoms with E-state index in [9.17, 15) is 14.7 Å². The van der Waals surface area contributed by atoms with E-state index in [0.717, 1.165) is 6.54 Å². The highest BCUT2D eigenvalue weighted by molar-refractivity contribution is 5.85. The first-order valence-corrected chi connectivity index (χ1v) is 6.14. The fourth-order valence-corrected chi connectivity index (χ4v) is 1.51. The number of carboxylic acid groups (broad SMARTS) is 1. The smallest absolute Gasteiger partial charge is 0.329 e. The van der Waals surface area contributed by atoms with Crippen LogP contribution < -0.4 is 5.32 Å². The second kappa shape index (κ2) is 7.20. The van der Waals surface area contributed by atoms with Crippen molar-refractivity contribution in [2.24, 2.45) is 0 Å². The van der Waals surface area contributed by atoms with Gasteiger partial charge >= 0.3 is 12.0 Å². The number of rotatable bonds is 7. The third kappa shape index (κ3) is 5.35. The summed E-state index contributed by atoms with van der Waals surface area (Å²) in [5.74, 6) is -1.00. The van der Waals surface area contributed by atoms with Crippen molar-refractivity contribution in [2.75, 3.05) is 34.2 Å². The molecule has 0 fully saturated rings. The van der Waals surface area contributed by atoms with Gasteiger partial charge in [0.15, 0.2) is 0 Å². The third-order valence-electron chi connectivity index (χ3n) is 2.83. The maximum absolute atomic E-state index is 11.9. The summed E-state index contributed by atoms with van der Waals surface area (Å²) >= 11 is 0. The van der Waals surface area contributed by atoms with Crippen LogP contribution in [0.5, 0.6) is 0 Å². The number of likely N-dealkylation sites (N-methyl/N-ethyl adjacent to an activating group) is 2. The molecule has 106 valence electrons. The Morgan fingerprint density at radius 3 is 2.17 bits per heavy atom. The lowest BCUT2D eigenvalue weighted by Crippen LogP contribution is -2.55. The van der Waals surface area contributed by atoms with Gasteiger partial charge in [0.2, 0.25) is 0 Å². The molecule has 0 spiro atoms. The predicted molar refractivity (Wildman–Crippen MR) is 70.7 cm³/mol. The van der Waals surface area contributed by atoms with Gasteiger partial charge in [-0.3, -0.25) is 0 Å². The molecule has 0 saturated heterocycles. The number of carbonyl (C=O) groups excluding carboxylic acids is 1. The average Bonchev–Trinajstić information content (AvgIpc) is 2.25. The third-order valence-corrected chi connectivity index (χ3v) is 2.83. The van der Waals surface area contributed by atoms with Crippen molar-refractivity contribution in [2.45, 2.75) is 32.2 Å². The standard InChI is InChI=1S/C12H25N3O3/c1-6-7-12(2,10(16)17)13-11(18)15(5)9-8-14(3)4/h6-9H2,1-5H3,(H,13,18)(H,16,17). The molecule has 0 saturated carbocycles. The van der Waals surface area contributed by atoms with Crippen LogP contribution in [0.1, 0.15) is 26.7 Å². The van der Waals surface area contributed by atoms with Gasteiger partial charge in [-0.25, -0.2) is 9.59 Å². The Balaban J connectivity index is 4.46. The fourth-order valence-electron chi connectivity index (χ4n) is 1.51. The SMILES string of the molecule is CCCC(C)(NC(=O)N(C)CCN(C)C)C(=O)O. The van der Waals surface area contributed by atoms with Crippen molar-refractivity contribution in [3.63, 3.8) is 0 Å². The summed E-state index contributed by atoms with van der Waals surface area (Å²) in [6.07, 6.45) is 1.11. The number of nitrogens with zero attached hydrogens (tertiary/aromatic N) is 2. The monoisotopic (exact) mass is 259 g/mol. The lowest BCUT2D eigenvalue weighted by Gasteiger charge is -2.29. The van der Waals surface area contributed by atoms with Crippen LogP contribution in [0.15, 0.2) is 0 Å². The van der Waals surface area contributed by atoms with Crippen molar-refractivity contribution in [1.29, 1.82) is 0 Å². The maximum atomic E-state index is 11.9.